The molecule has 2 rings (SSSR count). The molecule has 0 aliphatic carbocycles. The normalized spacial score (nSPS) is 12.3. The molecule has 1 aromatic carbocycles. The van der Waals surface area contributed by atoms with Crippen molar-refractivity contribution in [2.75, 3.05) is 20.2 Å². The van der Waals surface area contributed by atoms with Crippen molar-refractivity contribution < 1.29 is 4.74 Å². The van der Waals surface area contributed by atoms with Gasteiger partial charge in [-0.3, -0.25) is 4.99 Å². The molecule has 0 bridgehead atoms. The quantitative estimate of drug-likeness (QED) is 0.312. The Balaban J connectivity index is 0.00000338. The first kappa shape index (κ1) is 22.9. The van der Waals surface area contributed by atoms with Crippen molar-refractivity contribution in [3.8, 4) is 0 Å². The van der Waals surface area contributed by atoms with Crippen LogP contribution in [-0.4, -0.2) is 26.2 Å². The average Bonchev–Trinajstić information content (AvgIpc) is 3.13. The number of guanidine groups is 1. The molecule has 6 heteroatoms. The molecule has 0 aliphatic rings. The van der Waals surface area contributed by atoms with Crippen LogP contribution in [0.1, 0.15) is 29.9 Å². The summed E-state index contributed by atoms with van der Waals surface area (Å²) in [6.45, 7) is 7.30. The Morgan fingerprint density at radius 2 is 1.92 bits per heavy atom. The summed E-state index contributed by atoms with van der Waals surface area (Å²) in [6, 6.07) is 12.7. The molecule has 0 spiro atoms. The highest BCUT2D eigenvalue weighted by Gasteiger charge is 2.07. The fourth-order valence-corrected chi connectivity index (χ4v) is 3.47. The molecule has 2 N–H and O–H groups in total. The van der Waals surface area contributed by atoms with Crippen LogP contribution in [0.5, 0.6) is 0 Å². The first-order valence-electron chi connectivity index (χ1n) is 8.84. The standard InChI is InChI=1S/C20H29N3OS.HI/c1-4-24-15-18-9-6-5-8-17(18)14-23-20(21-3)22-13-16(2)12-19-10-7-11-25-19;/h5-11,16H,4,12-15H2,1-3H3,(H2,21,22,23);1H. The molecule has 4 nitrogen and oxygen atoms in total. The zero-order chi connectivity index (χ0) is 17.9. The van der Waals surface area contributed by atoms with Crippen molar-refractivity contribution in [3.63, 3.8) is 0 Å². The first-order valence-corrected chi connectivity index (χ1v) is 9.72. The molecule has 0 radical (unpaired) electrons. The van der Waals surface area contributed by atoms with Gasteiger partial charge in [-0.15, -0.1) is 35.3 Å². The molecular formula is C20H30IN3OS. The predicted octanol–water partition coefficient (Wildman–Crippen LogP) is 4.45. The minimum Gasteiger partial charge on any atom is -0.377 e. The van der Waals surface area contributed by atoms with Crippen LogP contribution in [0.3, 0.4) is 0 Å². The third-order valence-electron chi connectivity index (χ3n) is 4.00. The molecule has 1 aromatic heterocycles. The monoisotopic (exact) mass is 487 g/mol. The fraction of sp³-hybridized carbons (Fsp3) is 0.450. The van der Waals surface area contributed by atoms with Gasteiger partial charge in [0.05, 0.1) is 6.61 Å². The third kappa shape index (κ3) is 8.05. The van der Waals surface area contributed by atoms with E-state index in [1.165, 1.54) is 16.0 Å². The van der Waals surface area contributed by atoms with Crippen molar-refractivity contribution in [3.05, 3.63) is 57.8 Å². The van der Waals surface area contributed by atoms with Gasteiger partial charge in [0.1, 0.15) is 0 Å². The summed E-state index contributed by atoms with van der Waals surface area (Å²) in [7, 11) is 1.81. The van der Waals surface area contributed by atoms with Crippen molar-refractivity contribution in [1.82, 2.24) is 10.6 Å². The van der Waals surface area contributed by atoms with Crippen LogP contribution >= 0.6 is 35.3 Å². The van der Waals surface area contributed by atoms with Gasteiger partial charge in [0.15, 0.2) is 5.96 Å². The molecule has 0 saturated heterocycles. The number of halogens is 1. The molecule has 2 aromatic rings. The Morgan fingerprint density at radius 3 is 2.58 bits per heavy atom. The number of nitrogens with one attached hydrogen (secondary N) is 2. The number of benzene rings is 1. The van der Waals surface area contributed by atoms with Crippen LogP contribution in [0.15, 0.2) is 46.8 Å². The van der Waals surface area contributed by atoms with Crippen molar-refractivity contribution in [1.29, 1.82) is 0 Å². The van der Waals surface area contributed by atoms with Gasteiger partial charge < -0.3 is 15.4 Å². The van der Waals surface area contributed by atoms with Crippen LogP contribution < -0.4 is 10.6 Å². The van der Waals surface area contributed by atoms with Gasteiger partial charge in [0, 0.05) is 31.6 Å². The molecule has 1 unspecified atom stereocenters. The van der Waals surface area contributed by atoms with E-state index in [0.29, 0.717) is 12.5 Å². The second-order valence-electron chi connectivity index (χ2n) is 6.10. The van der Waals surface area contributed by atoms with Crippen LogP contribution in [0.4, 0.5) is 0 Å². The summed E-state index contributed by atoms with van der Waals surface area (Å²) in [4.78, 5) is 5.76. The van der Waals surface area contributed by atoms with E-state index in [-0.39, 0.29) is 24.0 Å². The highest BCUT2D eigenvalue weighted by Crippen LogP contribution is 2.14. The van der Waals surface area contributed by atoms with Gasteiger partial charge in [-0.05, 0) is 41.8 Å². The highest BCUT2D eigenvalue weighted by atomic mass is 127. The van der Waals surface area contributed by atoms with Crippen LogP contribution in [0.2, 0.25) is 0 Å². The summed E-state index contributed by atoms with van der Waals surface area (Å²) < 4.78 is 5.55. The Bertz CT molecular complexity index is 646. The second-order valence-corrected chi connectivity index (χ2v) is 7.13. The Kier molecular flexibility index (Phi) is 11.6. The number of hydrogen-bond acceptors (Lipinski definition) is 3. The van der Waals surface area contributed by atoms with E-state index in [0.717, 1.165) is 32.1 Å². The maximum absolute atomic E-state index is 5.55. The van der Waals surface area contributed by atoms with E-state index < -0.39 is 0 Å². The maximum atomic E-state index is 5.55. The van der Waals surface area contributed by atoms with Gasteiger partial charge in [-0.1, -0.05) is 37.3 Å². The Labute approximate surface area is 178 Å². The summed E-state index contributed by atoms with van der Waals surface area (Å²) >= 11 is 1.82. The average molecular weight is 487 g/mol. The van der Waals surface area contributed by atoms with E-state index in [1.54, 1.807) is 0 Å². The molecule has 0 aliphatic heterocycles. The highest BCUT2D eigenvalue weighted by molar-refractivity contribution is 14.0. The van der Waals surface area contributed by atoms with Gasteiger partial charge in [-0.2, -0.15) is 0 Å². The lowest BCUT2D eigenvalue weighted by Crippen LogP contribution is -2.39. The van der Waals surface area contributed by atoms with Gasteiger partial charge in [0.25, 0.3) is 0 Å². The molecule has 1 heterocycles. The number of thiophene rings is 1. The van der Waals surface area contributed by atoms with E-state index in [2.05, 4.69) is 64.3 Å². The number of ether oxygens (including phenoxy) is 1. The number of rotatable bonds is 9. The summed E-state index contributed by atoms with van der Waals surface area (Å²) in [5.74, 6) is 1.40. The summed E-state index contributed by atoms with van der Waals surface area (Å²) in [5.41, 5.74) is 2.46. The van der Waals surface area contributed by atoms with Gasteiger partial charge in [-0.25, -0.2) is 0 Å². The topological polar surface area (TPSA) is 45.6 Å². The Morgan fingerprint density at radius 1 is 1.15 bits per heavy atom. The fourth-order valence-electron chi connectivity index (χ4n) is 2.60. The SMILES string of the molecule is CCOCc1ccccc1CNC(=NC)NCC(C)Cc1cccs1.I. The lowest BCUT2D eigenvalue weighted by molar-refractivity contribution is 0.133. The summed E-state index contributed by atoms with van der Waals surface area (Å²) in [5, 5.41) is 8.96. The zero-order valence-corrected chi connectivity index (χ0v) is 19.0. The number of hydrogen-bond donors (Lipinski definition) is 2. The molecule has 0 saturated carbocycles. The number of aliphatic imine (C=N–C) groups is 1. The minimum atomic E-state index is 0. The summed E-state index contributed by atoms with van der Waals surface area (Å²) in [6.07, 6.45) is 1.10. The molecule has 144 valence electrons. The molecule has 0 amide bonds. The largest absolute Gasteiger partial charge is 0.377 e. The lowest BCUT2D eigenvalue weighted by Gasteiger charge is -2.17. The molecular weight excluding hydrogens is 457 g/mol. The van der Waals surface area contributed by atoms with Crippen molar-refractivity contribution in [2.45, 2.75) is 33.4 Å². The van der Waals surface area contributed by atoms with E-state index in [9.17, 15) is 0 Å². The third-order valence-corrected chi connectivity index (χ3v) is 4.90. The van der Waals surface area contributed by atoms with Crippen LogP contribution in [0, 0.1) is 5.92 Å². The Hall–Kier alpha value is -1.12. The van der Waals surface area contributed by atoms with E-state index >= 15 is 0 Å². The zero-order valence-electron chi connectivity index (χ0n) is 15.8. The van der Waals surface area contributed by atoms with Crippen molar-refractivity contribution >= 4 is 41.3 Å². The molecule has 26 heavy (non-hydrogen) atoms. The predicted molar refractivity (Wildman–Crippen MR) is 123 cm³/mol. The van der Waals surface area contributed by atoms with Crippen LogP contribution in [0.25, 0.3) is 0 Å². The van der Waals surface area contributed by atoms with Gasteiger partial charge >= 0.3 is 0 Å². The van der Waals surface area contributed by atoms with E-state index in [1.807, 2.05) is 25.3 Å². The minimum absolute atomic E-state index is 0. The molecule has 0 fully saturated rings. The lowest BCUT2D eigenvalue weighted by atomic mass is 10.1. The second kappa shape index (κ2) is 13.1. The van der Waals surface area contributed by atoms with Gasteiger partial charge in [0.2, 0.25) is 0 Å². The maximum Gasteiger partial charge on any atom is 0.191 e. The van der Waals surface area contributed by atoms with Crippen molar-refractivity contribution in [2.24, 2.45) is 10.9 Å². The number of nitrogens with zero attached hydrogens (tertiary/aromatic N) is 1. The van der Waals surface area contributed by atoms with E-state index in [4.69, 9.17) is 4.74 Å². The molecule has 1 atom stereocenters. The first-order chi connectivity index (χ1) is 12.2. The smallest absolute Gasteiger partial charge is 0.191 e. The van der Waals surface area contributed by atoms with Crippen LogP contribution in [-0.2, 0) is 24.3 Å².